The summed E-state index contributed by atoms with van der Waals surface area (Å²) < 4.78 is 30.1. The van der Waals surface area contributed by atoms with Crippen LogP contribution in [0.15, 0.2) is 88.5 Å². The number of H-pyrrole nitrogens is 1. The number of ether oxygens (including phenoxy) is 4. The molecule has 0 amide bonds. The Kier molecular flexibility index (Phi) is 9.02. The van der Waals surface area contributed by atoms with Crippen molar-refractivity contribution in [3.8, 4) is 6.01 Å². The van der Waals surface area contributed by atoms with E-state index in [2.05, 4.69) is 15.1 Å². The van der Waals surface area contributed by atoms with Gasteiger partial charge in [-0.15, -0.1) is 0 Å². The van der Waals surface area contributed by atoms with E-state index >= 15 is 0 Å². The highest BCUT2D eigenvalue weighted by Gasteiger charge is 2.36. The fourth-order valence-corrected chi connectivity index (χ4v) is 5.75. The van der Waals surface area contributed by atoms with E-state index in [0.717, 1.165) is 22.3 Å². The number of benzene rings is 2. The Morgan fingerprint density at radius 2 is 1.92 bits per heavy atom. The molecule has 0 bridgehead atoms. The number of carbonyl (C=O) groups excluding carboxylic acids is 2. The summed E-state index contributed by atoms with van der Waals surface area (Å²) >= 11 is 0. The molecule has 3 aromatic heterocycles. The number of fused-ring (bicyclic) bond motifs is 1. The van der Waals surface area contributed by atoms with E-state index < -0.39 is 29.6 Å². The zero-order valence-electron chi connectivity index (χ0n) is 27.0. The molecular formula is C35H35N5O8. The van der Waals surface area contributed by atoms with Crippen LogP contribution >= 0.6 is 0 Å². The van der Waals surface area contributed by atoms with Gasteiger partial charge >= 0.3 is 17.9 Å². The van der Waals surface area contributed by atoms with E-state index in [9.17, 15) is 14.4 Å². The summed E-state index contributed by atoms with van der Waals surface area (Å²) in [5.74, 6) is -0.840. The molecule has 1 aliphatic rings. The maximum absolute atomic E-state index is 13.4. The van der Waals surface area contributed by atoms with Gasteiger partial charge in [0.25, 0.3) is 6.01 Å². The smallest absolute Gasteiger partial charge is 0.465 e. The standard InChI is InChI=1S/C35H35N5O8/c1-5-44-32-36-28-11-8-9-26(30(41)46-22(2)47-34(43)45-21-24-16-18-39(4)19-24)29(28)40(32)20-23-12-14-25(15-13-23)27-10-6-7-17-35(27,3)31-37-33(42)48-38-31/h6-16,18-19,22H,5,17,20-21H2,1-4H3,(H,37,38,42). The van der Waals surface area contributed by atoms with Crippen LogP contribution in [-0.4, -0.2) is 49.3 Å². The number of aromatic nitrogens is 5. The second-order valence-electron chi connectivity index (χ2n) is 11.6. The number of nitrogens with zero attached hydrogens (tertiary/aromatic N) is 4. The van der Waals surface area contributed by atoms with Gasteiger partial charge in [-0.05, 0) is 55.2 Å². The van der Waals surface area contributed by atoms with E-state index in [4.69, 9.17) is 23.5 Å². The number of esters is 1. The molecule has 5 aromatic rings. The number of allylic oxidation sites excluding steroid dienone is 4. The lowest BCUT2D eigenvalue weighted by Crippen LogP contribution is -2.27. The molecule has 13 nitrogen and oxygen atoms in total. The third-order valence-electron chi connectivity index (χ3n) is 8.10. The highest BCUT2D eigenvalue weighted by Crippen LogP contribution is 2.42. The number of imidazole rings is 1. The van der Waals surface area contributed by atoms with E-state index in [1.807, 2.05) is 91.0 Å². The number of hydrogen-bond donors (Lipinski definition) is 1. The maximum Gasteiger partial charge on any atom is 0.511 e. The highest BCUT2D eigenvalue weighted by atomic mass is 16.8. The number of aryl methyl sites for hydroxylation is 1. The molecule has 2 atom stereocenters. The molecular weight excluding hydrogens is 618 g/mol. The summed E-state index contributed by atoms with van der Waals surface area (Å²) in [5.41, 5.74) is 4.35. The second kappa shape index (κ2) is 13.5. The summed E-state index contributed by atoms with van der Waals surface area (Å²) in [6.45, 7) is 6.03. The van der Waals surface area contributed by atoms with Gasteiger partial charge in [0.15, 0.2) is 5.82 Å². The lowest BCUT2D eigenvalue weighted by molar-refractivity contribution is -0.0833. The van der Waals surface area contributed by atoms with Gasteiger partial charge in [0, 0.05) is 31.9 Å². The Balaban J connectivity index is 1.21. The second-order valence-corrected chi connectivity index (χ2v) is 11.6. The van der Waals surface area contributed by atoms with Crippen molar-refractivity contribution in [2.24, 2.45) is 7.05 Å². The van der Waals surface area contributed by atoms with Crippen molar-refractivity contribution >= 4 is 28.7 Å². The molecule has 248 valence electrons. The minimum Gasteiger partial charge on any atom is -0.465 e. The average Bonchev–Trinajstić information content (AvgIpc) is 3.79. The first-order chi connectivity index (χ1) is 23.1. The van der Waals surface area contributed by atoms with Crippen LogP contribution in [0.25, 0.3) is 16.6 Å². The van der Waals surface area contributed by atoms with Gasteiger partial charge in [0.1, 0.15) is 6.61 Å². The minimum atomic E-state index is -1.21. The predicted octanol–water partition coefficient (Wildman–Crippen LogP) is 5.66. The van der Waals surface area contributed by atoms with Crippen molar-refractivity contribution < 1.29 is 33.1 Å². The van der Waals surface area contributed by atoms with Crippen molar-refractivity contribution in [3.63, 3.8) is 0 Å². The molecule has 0 fully saturated rings. The molecule has 2 unspecified atom stereocenters. The third-order valence-corrected chi connectivity index (χ3v) is 8.10. The summed E-state index contributed by atoms with van der Waals surface area (Å²) in [7, 11) is 1.86. The molecule has 2 aromatic carbocycles. The third kappa shape index (κ3) is 6.66. The van der Waals surface area contributed by atoms with Crippen LogP contribution in [0.5, 0.6) is 6.01 Å². The molecule has 1 N–H and O–H groups in total. The Morgan fingerprint density at radius 1 is 1.10 bits per heavy atom. The van der Waals surface area contributed by atoms with Crippen LogP contribution in [0.4, 0.5) is 4.79 Å². The summed E-state index contributed by atoms with van der Waals surface area (Å²) in [6, 6.07) is 15.2. The number of nitrogens with one attached hydrogen (secondary N) is 1. The largest absolute Gasteiger partial charge is 0.511 e. The monoisotopic (exact) mass is 653 g/mol. The first-order valence-corrected chi connectivity index (χ1v) is 15.4. The van der Waals surface area contributed by atoms with Gasteiger partial charge in [0.2, 0.25) is 6.29 Å². The van der Waals surface area contributed by atoms with Crippen LogP contribution in [0.1, 0.15) is 60.1 Å². The Labute approximate surface area is 275 Å². The molecule has 1 aliphatic carbocycles. The minimum absolute atomic E-state index is 0.0243. The van der Waals surface area contributed by atoms with Gasteiger partial charge in [-0.2, -0.15) is 4.98 Å². The maximum atomic E-state index is 13.4. The summed E-state index contributed by atoms with van der Waals surface area (Å²) in [4.78, 5) is 44.7. The molecule has 48 heavy (non-hydrogen) atoms. The molecule has 13 heteroatoms. The molecule has 3 heterocycles. The molecule has 6 rings (SSSR count). The zero-order valence-corrected chi connectivity index (χ0v) is 27.0. The first kappa shape index (κ1) is 32.1. The van der Waals surface area contributed by atoms with Crippen LogP contribution in [0.3, 0.4) is 0 Å². The highest BCUT2D eigenvalue weighted by molar-refractivity contribution is 6.02. The predicted molar refractivity (Wildman–Crippen MR) is 174 cm³/mol. The molecule has 0 aliphatic heterocycles. The van der Waals surface area contributed by atoms with Crippen LogP contribution < -0.4 is 10.5 Å². The van der Waals surface area contributed by atoms with Crippen molar-refractivity contribution in [1.82, 2.24) is 24.3 Å². The fourth-order valence-electron chi connectivity index (χ4n) is 5.75. The normalized spacial score (nSPS) is 16.4. The number of carbonyl (C=O) groups is 2. The molecule has 0 saturated heterocycles. The van der Waals surface area contributed by atoms with E-state index in [1.165, 1.54) is 6.92 Å². The van der Waals surface area contributed by atoms with Crippen molar-refractivity contribution in [3.05, 3.63) is 118 Å². The van der Waals surface area contributed by atoms with Gasteiger partial charge < -0.3 is 23.5 Å². The first-order valence-electron chi connectivity index (χ1n) is 15.4. The Bertz CT molecular complexity index is 2070. The average molecular weight is 654 g/mol. The quantitative estimate of drug-likeness (QED) is 0.140. The van der Waals surface area contributed by atoms with Crippen molar-refractivity contribution in [2.45, 2.75) is 52.0 Å². The Morgan fingerprint density at radius 3 is 2.62 bits per heavy atom. The zero-order chi connectivity index (χ0) is 33.8. The summed E-state index contributed by atoms with van der Waals surface area (Å²) in [6.07, 6.45) is 8.13. The van der Waals surface area contributed by atoms with E-state index in [-0.39, 0.29) is 12.2 Å². The number of aromatic amines is 1. The SMILES string of the molecule is CCOc1nc2cccc(C(=O)OC(C)OC(=O)OCc3ccn(C)c3)c2n1Cc1ccc(C2=CC=CCC2(C)c2noc(=O)[nH]2)cc1. The van der Waals surface area contributed by atoms with E-state index in [0.29, 0.717) is 42.4 Å². The van der Waals surface area contributed by atoms with Gasteiger partial charge in [0.05, 0.1) is 35.2 Å². The van der Waals surface area contributed by atoms with Crippen LogP contribution in [-0.2, 0) is 39.8 Å². The fraction of sp³-hybridized carbons (Fsp3) is 0.286. The van der Waals surface area contributed by atoms with Crippen molar-refractivity contribution in [1.29, 1.82) is 0 Å². The number of hydrogen-bond acceptors (Lipinski definition) is 10. The number of para-hydroxylation sites is 1. The van der Waals surface area contributed by atoms with Crippen LogP contribution in [0, 0.1) is 0 Å². The van der Waals surface area contributed by atoms with E-state index in [1.54, 1.807) is 18.2 Å². The molecule has 0 saturated carbocycles. The van der Waals surface area contributed by atoms with Crippen LogP contribution in [0.2, 0.25) is 0 Å². The lowest BCUT2D eigenvalue weighted by atomic mass is 9.73. The molecule has 0 radical (unpaired) electrons. The summed E-state index contributed by atoms with van der Waals surface area (Å²) in [5, 5.41) is 3.97. The Hall–Kier alpha value is -5.85. The molecule has 0 spiro atoms. The topological polar surface area (TPSA) is 153 Å². The number of rotatable bonds is 11. The van der Waals surface area contributed by atoms with Crippen molar-refractivity contribution in [2.75, 3.05) is 6.61 Å². The van der Waals surface area contributed by atoms with Gasteiger partial charge in [-0.3, -0.25) is 14.1 Å². The van der Waals surface area contributed by atoms with Gasteiger partial charge in [-0.1, -0.05) is 53.7 Å². The lowest BCUT2D eigenvalue weighted by Gasteiger charge is -2.31. The van der Waals surface area contributed by atoms with Gasteiger partial charge in [-0.25, -0.2) is 14.4 Å².